The molecule has 0 heterocycles. The van der Waals surface area contributed by atoms with Crippen LogP contribution in [-0.4, -0.2) is 81.7 Å². The van der Waals surface area contributed by atoms with E-state index >= 15 is 0 Å². The Bertz CT molecular complexity index is 1650. The van der Waals surface area contributed by atoms with Crippen molar-refractivity contribution in [1.29, 1.82) is 0 Å². The monoisotopic (exact) mass is 1240 g/mol. The van der Waals surface area contributed by atoms with Gasteiger partial charge in [-0.05, 0) is 138 Å². The molecule has 0 amide bonds. The maximum atomic E-state index is 12.3. The molecule has 0 bridgehead atoms. The summed E-state index contributed by atoms with van der Waals surface area (Å²) in [6.07, 6.45) is 69.5. The minimum absolute atomic E-state index is 0.103. The lowest BCUT2D eigenvalue weighted by Gasteiger charge is -2.40. The van der Waals surface area contributed by atoms with Crippen LogP contribution in [0.25, 0.3) is 0 Å². The van der Waals surface area contributed by atoms with E-state index in [0.717, 1.165) is 48.5 Å². The molecule has 0 fully saturated rings. The van der Waals surface area contributed by atoms with Crippen molar-refractivity contribution in [3.8, 4) is 0 Å². The second-order valence-corrected chi connectivity index (χ2v) is 28.7. The van der Waals surface area contributed by atoms with Gasteiger partial charge in [0.25, 0.3) is 0 Å². The van der Waals surface area contributed by atoms with Gasteiger partial charge in [0, 0.05) is 0 Å². The van der Waals surface area contributed by atoms with Crippen LogP contribution >= 0.6 is 0 Å². The number of carboxylic acid groups (broad SMARTS) is 2. The molecule has 2 rings (SSSR count). The Morgan fingerprint density at radius 3 is 0.529 bits per heavy atom. The number of carbonyl (C=O) groups is 2. The van der Waals surface area contributed by atoms with Crippen LogP contribution in [0, 0.1) is 0 Å². The highest BCUT2D eigenvalue weighted by atomic mass is 32.2. The van der Waals surface area contributed by atoms with Crippen LogP contribution in [0.15, 0.2) is 58.3 Å². The first-order valence-electron chi connectivity index (χ1n) is 37.9. The first-order valence-corrected chi connectivity index (χ1v) is 39.4. The summed E-state index contributed by atoms with van der Waals surface area (Å²) in [4.78, 5) is 21.0. The van der Waals surface area contributed by atoms with Crippen LogP contribution in [0.1, 0.15) is 384 Å². The van der Waals surface area contributed by atoms with E-state index in [9.17, 15) is 28.2 Å². The average Bonchev–Trinajstić information content (AvgIpc) is 2.33. The number of benzene rings is 2. The number of unbranched alkanes of at least 4 members (excludes halogenated alkanes) is 40. The molecule has 0 radical (unpaired) electrons. The average molecular weight is 1240 g/mol. The number of carboxylic acids is 2. The fraction of sp³-hybridized carbons (Fsp3) is 0.821. The molecule has 0 N–H and O–H groups in total. The molecule has 0 spiro atoms. The van der Waals surface area contributed by atoms with Crippen LogP contribution in [0.5, 0.6) is 0 Å². The van der Waals surface area contributed by atoms with E-state index in [1.165, 1.54) is 370 Å². The molecule has 2 aromatic rings. The first kappa shape index (κ1) is 84.2. The third-order valence-electron chi connectivity index (χ3n) is 18.7. The highest BCUT2D eigenvalue weighted by Gasteiger charge is 2.27. The van der Waals surface area contributed by atoms with Crippen molar-refractivity contribution in [2.24, 2.45) is 0 Å². The Labute approximate surface area is 541 Å². The van der Waals surface area contributed by atoms with Gasteiger partial charge >= 0.3 is 0 Å². The normalized spacial score (nSPS) is 11.8. The van der Waals surface area contributed by atoms with Gasteiger partial charge in [-0.2, -0.15) is 0 Å². The number of hydrogen-bond acceptors (Lipinski definition) is 6. The maximum Gasteiger partial charge on any atom is 0.206 e. The van der Waals surface area contributed by atoms with Crippen molar-refractivity contribution in [3.63, 3.8) is 0 Å². The van der Waals surface area contributed by atoms with E-state index in [0.29, 0.717) is 0 Å². The van der Waals surface area contributed by atoms with Gasteiger partial charge in [-0.1, -0.05) is 285 Å². The largest absolute Gasteiger partial charge is 0.545 e. The second kappa shape index (κ2) is 59.5. The van der Waals surface area contributed by atoms with Crippen LogP contribution < -0.4 is 10.2 Å². The molecule has 0 aliphatic carbocycles. The molecule has 0 aliphatic rings. The molecule has 0 aromatic heterocycles. The van der Waals surface area contributed by atoms with Gasteiger partial charge < -0.3 is 28.8 Å². The SMILES string of the molecule is CCCCCCCC[N+](CCCCCCCC)(CCCCCCCC)CCCCCCCC.CCCCCCCC[N+](CCCCCCCC)(CCCCCCCC)CCCCCCCC.O=C([O-])c1ccc(S(=O)(=O)c2ccc(C(=O)[O-])cc2)cc1. The molecule has 2 aromatic carbocycles. The molecular formula is C78H144N2O6S. The van der Waals surface area contributed by atoms with Crippen molar-refractivity contribution >= 4 is 21.8 Å². The number of nitrogens with zero attached hydrogens (tertiary/aromatic N) is 2. The van der Waals surface area contributed by atoms with Crippen LogP contribution in [0.4, 0.5) is 0 Å². The summed E-state index contributed by atoms with van der Waals surface area (Å²) < 4.78 is 27.5. The molecule has 0 unspecified atom stereocenters. The van der Waals surface area contributed by atoms with Crippen molar-refractivity contribution in [3.05, 3.63) is 59.7 Å². The highest BCUT2D eigenvalue weighted by Crippen LogP contribution is 2.25. The zero-order chi connectivity index (χ0) is 64.2. The summed E-state index contributed by atoms with van der Waals surface area (Å²) in [6.45, 7) is 30.5. The Kier molecular flexibility index (Phi) is 57.7. The Morgan fingerprint density at radius 2 is 0.391 bits per heavy atom. The number of aromatic carboxylic acids is 2. The molecule has 0 saturated carbocycles. The lowest BCUT2D eigenvalue weighted by atomic mass is 10.0. The summed E-state index contributed by atoms with van der Waals surface area (Å²) in [5.74, 6) is -2.81. The number of quaternary nitrogens is 2. The molecule has 9 heteroatoms. The molecule has 508 valence electrons. The summed E-state index contributed by atoms with van der Waals surface area (Å²) >= 11 is 0. The van der Waals surface area contributed by atoms with Gasteiger partial charge in [-0.15, -0.1) is 0 Å². The predicted molar refractivity (Wildman–Crippen MR) is 373 cm³/mol. The summed E-state index contributed by atoms with van der Waals surface area (Å²) in [5.41, 5.74) is -0.275. The van der Waals surface area contributed by atoms with Crippen molar-refractivity contribution in [2.75, 3.05) is 52.4 Å². The maximum absolute atomic E-state index is 12.3. The van der Waals surface area contributed by atoms with E-state index in [4.69, 9.17) is 0 Å². The highest BCUT2D eigenvalue weighted by molar-refractivity contribution is 7.91. The molecule has 0 aliphatic heterocycles. The predicted octanol–water partition coefficient (Wildman–Crippen LogP) is 21.7. The fourth-order valence-corrected chi connectivity index (χ4v) is 14.1. The van der Waals surface area contributed by atoms with Crippen LogP contribution in [0.2, 0.25) is 0 Å². The van der Waals surface area contributed by atoms with Crippen LogP contribution in [0.3, 0.4) is 0 Å². The van der Waals surface area contributed by atoms with E-state index in [2.05, 4.69) is 55.4 Å². The minimum atomic E-state index is -3.85. The third-order valence-corrected chi connectivity index (χ3v) is 20.5. The van der Waals surface area contributed by atoms with Gasteiger partial charge in [0.05, 0.1) is 74.1 Å². The standard InChI is InChI=1S/2C32H68N.C14H10O6S/c2*1-5-9-13-17-21-25-29-33(30-26-22-18-14-10-6-2,31-27-23-19-15-11-7-3)32-28-24-20-16-12-8-4;15-13(16)9-1-5-11(6-2-9)21(19,20)12-7-3-10(4-8-12)14(17)18/h2*5-32H2,1-4H3;1-8H,(H,15,16)(H,17,18)/q2*+1;/p-2. The zero-order valence-electron chi connectivity index (χ0n) is 59.0. The van der Waals surface area contributed by atoms with Gasteiger partial charge in [0.1, 0.15) is 0 Å². The third kappa shape index (κ3) is 46.0. The minimum Gasteiger partial charge on any atom is -0.545 e. The fourth-order valence-electron chi connectivity index (χ4n) is 12.8. The van der Waals surface area contributed by atoms with Gasteiger partial charge in [0.15, 0.2) is 0 Å². The number of carbonyl (C=O) groups excluding carboxylic acids is 2. The van der Waals surface area contributed by atoms with Gasteiger partial charge in [-0.25, -0.2) is 8.42 Å². The Hall–Kier alpha value is -2.75. The quantitative estimate of drug-likeness (QED) is 0.0481. The van der Waals surface area contributed by atoms with Crippen molar-refractivity contribution in [2.45, 2.75) is 373 Å². The van der Waals surface area contributed by atoms with E-state index in [1.54, 1.807) is 0 Å². The molecule has 8 nitrogen and oxygen atoms in total. The lowest BCUT2D eigenvalue weighted by molar-refractivity contribution is -0.929. The van der Waals surface area contributed by atoms with Crippen LogP contribution in [-0.2, 0) is 9.84 Å². The molecular weight excluding hydrogens is 1090 g/mol. The molecule has 0 saturated heterocycles. The zero-order valence-corrected chi connectivity index (χ0v) is 59.8. The second-order valence-electron chi connectivity index (χ2n) is 26.7. The van der Waals surface area contributed by atoms with E-state index in [1.807, 2.05) is 0 Å². The Morgan fingerprint density at radius 1 is 0.253 bits per heavy atom. The van der Waals surface area contributed by atoms with Gasteiger partial charge in [-0.3, -0.25) is 0 Å². The van der Waals surface area contributed by atoms with Gasteiger partial charge in [0.2, 0.25) is 9.84 Å². The lowest BCUT2D eigenvalue weighted by Crippen LogP contribution is -2.50. The number of hydrogen-bond donors (Lipinski definition) is 0. The smallest absolute Gasteiger partial charge is 0.206 e. The molecule has 0 atom stereocenters. The van der Waals surface area contributed by atoms with Crippen molar-refractivity contribution < 1.29 is 37.2 Å². The summed E-state index contributed by atoms with van der Waals surface area (Å²) in [7, 11) is -3.85. The van der Waals surface area contributed by atoms with E-state index in [-0.39, 0.29) is 20.9 Å². The summed E-state index contributed by atoms with van der Waals surface area (Å²) in [5, 5.41) is 21.2. The van der Waals surface area contributed by atoms with E-state index < -0.39 is 21.8 Å². The molecule has 87 heavy (non-hydrogen) atoms. The Balaban J connectivity index is 0.00000131. The number of rotatable bonds is 60. The number of sulfone groups is 1. The topological polar surface area (TPSA) is 114 Å². The summed E-state index contributed by atoms with van der Waals surface area (Å²) in [6, 6.07) is 9.07. The van der Waals surface area contributed by atoms with Crippen molar-refractivity contribution in [1.82, 2.24) is 0 Å². The first-order chi connectivity index (χ1) is 42.3.